The van der Waals surface area contributed by atoms with Gasteiger partial charge in [-0.3, -0.25) is 4.57 Å². The van der Waals surface area contributed by atoms with E-state index in [1.54, 1.807) is 23.1 Å². The molecular formula is C18H23N5OS2. The van der Waals surface area contributed by atoms with Gasteiger partial charge in [-0.1, -0.05) is 37.7 Å². The lowest BCUT2D eigenvalue weighted by Gasteiger charge is -2.28. The predicted molar refractivity (Wildman–Crippen MR) is 107 cm³/mol. The molecule has 138 valence electrons. The van der Waals surface area contributed by atoms with Crippen molar-refractivity contribution in [3.8, 4) is 0 Å². The summed E-state index contributed by atoms with van der Waals surface area (Å²) in [6.07, 6.45) is 0. The average molecular weight is 390 g/mol. The van der Waals surface area contributed by atoms with E-state index in [9.17, 15) is 0 Å². The maximum absolute atomic E-state index is 5.47. The van der Waals surface area contributed by atoms with Crippen LogP contribution in [0.25, 0.3) is 10.2 Å². The number of nitrogens with zero attached hydrogens (tertiary/aromatic N) is 5. The van der Waals surface area contributed by atoms with Crippen LogP contribution >= 0.6 is 23.1 Å². The third kappa shape index (κ3) is 3.87. The van der Waals surface area contributed by atoms with Crippen LogP contribution < -0.4 is 4.90 Å². The van der Waals surface area contributed by atoms with Gasteiger partial charge in [0.05, 0.1) is 29.2 Å². The highest BCUT2D eigenvalue weighted by molar-refractivity contribution is 7.98. The van der Waals surface area contributed by atoms with Crippen molar-refractivity contribution in [2.75, 3.05) is 31.2 Å². The molecule has 0 amide bonds. The minimum absolute atomic E-state index is 0.535. The third-order valence-corrected chi connectivity index (χ3v) is 6.40. The number of morpholine rings is 1. The maximum Gasteiger partial charge on any atom is 0.228 e. The van der Waals surface area contributed by atoms with Crippen LogP contribution in [0.2, 0.25) is 0 Å². The lowest BCUT2D eigenvalue weighted by molar-refractivity contribution is 0.121. The molecule has 0 radical (unpaired) electrons. The van der Waals surface area contributed by atoms with Gasteiger partial charge >= 0.3 is 0 Å². The first-order valence-corrected chi connectivity index (χ1v) is 10.7. The fourth-order valence-electron chi connectivity index (χ4n) is 3.02. The highest BCUT2D eigenvalue weighted by atomic mass is 32.2. The normalized spacial score (nSPS) is 15.3. The van der Waals surface area contributed by atoms with Crippen LogP contribution in [0.3, 0.4) is 0 Å². The molecule has 1 aliphatic rings. The summed E-state index contributed by atoms with van der Waals surface area (Å²) in [4.78, 5) is 7.01. The first-order valence-electron chi connectivity index (χ1n) is 8.94. The van der Waals surface area contributed by atoms with Gasteiger partial charge in [-0.2, -0.15) is 0 Å². The van der Waals surface area contributed by atoms with Crippen LogP contribution in [0.1, 0.15) is 18.9 Å². The molecule has 0 bridgehead atoms. The molecule has 1 aromatic carbocycles. The molecule has 0 saturated carbocycles. The van der Waals surface area contributed by atoms with E-state index in [1.165, 1.54) is 4.70 Å². The molecule has 0 aliphatic carbocycles. The molecule has 1 aliphatic heterocycles. The van der Waals surface area contributed by atoms with E-state index >= 15 is 0 Å². The van der Waals surface area contributed by atoms with Gasteiger partial charge in [0.25, 0.3) is 0 Å². The van der Waals surface area contributed by atoms with Crippen LogP contribution in [0, 0.1) is 5.92 Å². The van der Waals surface area contributed by atoms with Gasteiger partial charge in [-0.25, -0.2) is 4.98 Å². The van der Waals surface area contributed by atoms with Gasteiger partial charge in [-0.15, -0.1) is 21.5 Å². The summed E-state index contributed by atoms with van der Waals surface area (Å²) >= 11 is 3.48. The second-order valence-electron chi connectivity index (χ2n) is 6.75. The molecule has 2 aromatic heterocycles. The number of ether oxygens (including phenoxy) is 1. The number of hydrogen-bond donors (Lipinski definition) is 0. The number of aromatic nitrogens is 4. The van der Waals surface area contributed by atoms with Crippen LogP contribution in [-0.2, 0) is 17.0 Å². The highest BCUT2D eigenvalue weighted by Gasteiger charge is 2.21. The standard InChI is InChI=1S/C18H23N5OS2/c1-13(2)11-23-17(22-7-9-24-10-8-22)20-21-18(23)25-12-16-19-14-5-3-4-6-15(14)26-16/h3-6,13H,7-12H2,1-2H3. The largest absolute Gasteiger partial charge is 0.378 e. The summed E-state index contributed by atoms with van der Waals surface area (Å²) in [6, 6.07) is 8.29. The van der Waals surface area contributed by atoms with Gasteiger partial charge < -0.3 is 9.64 Å². The smallest absolute Gasteiger partial charge is 0.228 e. The second kappa shape index (κ2) is 7.94. The Bertz CT molecular complexity index is 836. The molecule has 1 saturated heterocycles. The zero-order valence-corrected chi connectivity index (χ0v) is 16.7. The van der Waals surface area contributed by atoms with Crippen molar-refractivity contribution >= 4 is 39.3 Å². The zero-order chi connectivity index (χ0) is 17.9. The van der Waals surface area contributed by atoms with Crippen LogP contribution in [0.4, 0.5) is 5.95 Å². The summed E-state index contributed by atoms with van der Waals surface area (Å²) in [5, 5.41) is 11.1. The molecule has 3 aromatic rings. The minimum atomic E-state index is 0.535. The first kappa shape index (κ1) is 17.8. The number of thioether (sulfide) groups is 1. The van der Waals surface area contributed by atoms with E-state index in [1.807, 2.05) is 6.07 Å². The molecule has 0 N–H and O–H groups in total. The van der Waals surface area contributed by atoms with E-state index in [-0.39, 0.29) is 0 Å². The van der Waals surface area contributed by atoms with Gasteiger partial charge in [0.1, 0.15) is 5.01 Å². The molecule has 0 spiro atoms. The van der Waals surface area contributed by atoms with Gasteiger partial charge in [0, 0.05) is 19.6 Å². The summed E-state index contributed by atoms with van der Waals surface area (Å²) < 4.78 is 8.97. The van der Waals surface area contributed by atoms with Crippen molar-refractivity contribution in [1.82, 2.24) is 19.7 Å². The van der Waals surface area contributed by atoms with Crippen LogP contribution in [-0.4, -0.2) is 46.1 Å². The highest BCUT2D eigenvalue weighted by Crippen LogP contribution is 2.30. The predicted octanol–water partition coefficient (Wildman–Crippen LogP) is 3.67. The fraction of sp³-hybridized carbons (Fsp3) is 0.500. The first-order chi connectivity index (χ1) is 12.7. The average Bonchev–Trinajstić information content (AvgIpc) is 3.24. The molecule has 26 heavy (non-hydrogen) atoms. The summed E-state index contributed by atoms with van der Waals surface area (Å²) in [5.74, 6) is 2.32. The number of fused-ring (bicyclic) bond motifs is 1. The number of rotatable bonds is 6. The van der Waals surface area contributed by atoms with Crippen molar-refractivity contribution < 1.29 is 4.74 Å². The Balaban J connectivity index is 1.53. The van der Waals surface area contributed by atoms with Crippen molar-refractivity contribution in [2.24, 2.45) is 5.92 Å². The molecular weight excluding hydrogens is 366 g/mol. The summed E-state index contributed by atoms with van der Waals surface area (Å²) in [7, 11) is 0. The number of benzene rings is 1. The Morgan fingerprint density at radius 2 is 2.00 bits per heavy atom. The van der Waals surface area contributed by atoms with Crippen LogP contribution in [0.15, 0.2) is 29.4 Å². The molecule has 8 heteroatoms. The van der Waals surface area contributed by atoms with Crippen molar-refractivity contribution in [1.29, 1.82) is 0 Å². The number of para-hydroxylation sites is 1. The molecule has 0 unspecified atom stereocenters. The van der Waals surface area contributed by atoms with Crippen LogP contribution in [0.5, 0.6) is 0 Å². The van der Waals surface area contributed by atoms with Gasteiger partial charge in [-0.05, 0) is 18.1 Å². The molecule has 6 nitrogen and oxygen atoms in total. The zero-order valence-electron chi connectivity index (χ0n) is 15.1. The Labute approximate surface area is 161 Å². The number of hydrogen-bond acceptors (Lipinski definition) is 7. The van der Waals surface area contributed by atoms with Gasteiger partial charge in [0.15, 0.2) is 5.16 Å². The molecule has 3 heterocycles. The van der Waals surface area contributed by atoms with E-state index < -0.39 is 0 Å². The molecule has 0 atom stereocenters. The SMILES string of the molecule is CC(C)Cn1c(SCc2nc3ccccc3s2)nnc1N1CCOCC1. The van der Waals surface area contributed by atoms with E-state index in [2.05, 4.69) is 51.7 Å². The summed E-state index contributed by atoms with van der Waals surface area (Å²) in [6.45, 7) is 8.63. The minimum Gasteiger partial charge on any atom is -0.378 e. The number of thiazole rings is 1. The Kier molecular flexibility index (Phi) is 5.42. The van der Waals surface area contributed by atoms with E-state index in [0.29, 0.717) is 5.92 Å². The topological polar surface area (TPSA) is 56.1 Å². The fourth-order valence-corrected chi connectivity index (χ4v) is 4.92. The van der Waals surface area contributed by atoms with Gasteiger partial charge in [0.2, 0.25) is 5.95 Å². The Hall–Kier alpha value is -1.64. The quantitative estimate of drug-likeness (QED) is 0.600. The van der Waals surface area contributed by atoms with E-state index in [4.69, 9.17) is 9.72 Å². The molecule has 1 fully saturated rings. The maximum atomic E-state index is 5.47. The van der Waals surface area contributed by atoms with Crippen molar-refractivity contribution in [2.45, 2.75) is 31.3 Å². The Morgan fingerprint density at radius 3 is 2.77 bits per heavy atom. The van der Waals surface area contributed by atoms with E-state index in [0.717, 1.165) is 60.2 Å². The molecule has 4 rings (SSSR count). The second-order valence-corrected chi connectivity index (χ2v) is 8.81. The third-order valence-electron chi connectivity index (χ3n) is 4.20. The Morgan fingerprint density at radius 1 is 1.19 bits per heavy atom. The van der Waals surface area contributed by atoms with Crippen molar-refractivity contribution in [3.05, 3.63) is 29.3 Å². The monoisotopic (exact) mass is 389 g/mol. The summed E-state index contributed by atoms with van der Waals surface area (Å²) in [5.41, 5.74) is 1.07. The number of anilines is 1. The van der Waals surface area contributed by atoms with Crippen molar-refractivity contribution in [3.63, 3.8) is 0 Å². The lowest BCUT2D eigenvalue weighted by Crippen LogP contribution is -2.38. The lowest BCUT2D eigenvalue weighted by atomic mass is 10.2.